The second-order valence-corrected chi connectivity index (χ2v) is 8.02. The van der Waals surface area contributed by atoms with E-state index in [1.807, 2.05) is 6.92 Å². The molecule has 1 heterocycles. The van der Waals surface area contributed by atoms with Crippen molar-refractivity contribution in [1.29, 1.82) is 0 Å². The summed E-state index contributed by atoms with van der Waals surface area (Å²) < 4.78 is 35.3. The fraction of sp³-hybridized carbons (Fsp3) is 0.417. The summed E-state index contributed by atoms with van der Waals surface area (Å²) >= 11 is 1.54. The van der Waals surface area contributed by atoms with Gasteiger partial charge in [0.05, 0.1) is 9.64 Å². The number of anilines is 1. The van der Waals surface area contributed by atoms with Crippen LogP contribution in [0.4, 0.5) is 10.1 Å². The van der Waals surface area contributed by atoms with Crippen LogP contribution in [0, 0.1) is 5.82 Å². The maximum Gasteiger partial charge on any atom is 0.240 e. The second kappa shape index (κ2) is 5.34. The van der Waals surface area contributed by atoms with Gasteiger partial charge >= 0.3 is 0 Å². The van der Waals surface area contributed by atoms with Crippen molar-refractivity contribution in [3.63, 3.8) is 0 Å². The molecule has 2 rings (SSSR count). The number of thioether (sulfide) groups is 1. The quantitative estimate of drug-likeness (QED) is 0.887. The Labute approximate surface area is 121 Å². The number of nitrogens with one attached hydrogen (secondary N) is 1. The van der Waals surface area contributed by atoms with Gasteiger partial charge in [0.15, 0.2) is 0 Å². The van der Waals surface area contributed by atoms with Crippen molar-refractivity contribution in [2.45, 2.75) is 29.4 Å². The molecule has 1 saturated heterocycles. The smallest absolute Gasteiger partial charge is 0.240 e. The molecular weight excluding hydrogens is 303 g/mol. The van der Waals surface area contributed by atoms with Crippen molar-refractivity contribution < 1.29 is 17.6 Å². The summed E-state index contributed by atoms with van der Waals surface area (Å²) in [5, 5.41) is 7.52. The predicted molar refractivity (Wildman–Crippen MR) is 76.5 cm³/mol. The Hall–Kier alpha value is -1.12. The molecule has 1 aromatic carbocycles. The van der Waals surface area contributed by atoms with Crippen LogP contribution in [-0.2, 0) is 14.8 Å². The molecule has 5 nitrogen and oxygen atoms in total. The molecular formula is C12H15FN2O3S2. The molecule has 110 valence electrons. The normalized spacial score (nSPS) is 22.8. The zero-order valence-corrected chi connectivity index (χ0v) is 12.5. The molecule has 1 aromatic rings. The first kappa shape index (κ1) is 15.3. The van der Waals surface area contributed by atoms with Crippen molar-refractivity contribution in [3.05, 3.63) is 24.0 Å². The molecule has 0 saturated carbocycles. The predicted octanol–water partition coefficient (Wildman–Crippen LogP) is 1.70. The fourth-order valence-corrected chi connectivity index (χ4v) is 3.80. The summed E-state index contributed by atoms with van der Waals surface area (Å²) in [6.45, 7) is 1.82. The summed E-state index contributed by atoms with van der Waals surface area (Å²) in [6.07, 6.45) is 1.68. The van der Waals surface area contributed by atoms with Crippen LogP contribution < -0.4 is 10.5 Å². The van der Waals surface area contributed by atoms with E-state index in [0.717, 1.165) is 36.8 Å². The first-order chi connectivity index (χ1) is 9.21. The third-order valence-electron chi connectivity index (χ3n) is 3.16. The molecule has 1 atom stereocenters. The molecule has 1 amide bonds. The summed E-state index contributed by atoms with van der Waals surface area (Å²) in [5.74, 6) is -0.128. The topological polar surface area (TPSA) is 89.3 Å². The van der Waals surface area contributed by atoms with Gasteiger partial charge in [-0.25, -0.2) is 17.9 Å². The Balaban J connectivity index is 2.26. The van der Waals surface area contributed by atoms with Crippen molar-refractivity contribution >= 4 is 33.4 Å². The number of benzene rings is 1. The van der Waals surface area contributed by atoms with Crippen LogP contribution in [0.1, 0.15) is 19.8 Å². The molecule has 0 bridgehead atoms. The van der Waals surface area contributed by atoms with Crippen LogP contribution >= 0.6 is 11.8 Å². The third-order valence-corrected chi connectivity index (χ3v) is 5.57. The number of carbonyl (C=O) groups excluding carboxylic acids is 1. The van der Waals surface area contributed by atoms with Gasteiger partial charge in [-0.15, -0.1) is 11.8 Å². The molecule has 20 heavy (non-hydrogen) atoms. The first-order valence-corrected chi connectivity index (χ1v) is 8.53. The molecule has 0 aromatic heterocycles. The zero-order chi connectivity index (χ0) is 15.0. The molecule has 0 radical (unpaired) electrons. The van der Waals surface area contributed by atoms with Crippen LogP contribution in [-0.4, -0.2) is 24.8 Å². The number of rotatable bonds is 3. The van der Waals surface area contributed by atoms with E-state index >= 15 is 0 Å². The lowest BCUT2D eigenvalue weighted by atomic mass is 10.0. The largest absolute Gasteiger partial charge is 0.325 e. The molecule has 1 aliphatic heterocycles. The molecule has 8 heteroatoms. The van der Waals surface area contributed by atoms with Crippen LogP contribution in [0.3, 0.4) is 0 Å². The van der Waals surface area contributed by atoms with Gasteiger partial charge in [-0.2, -0.15) is 0 Å². The van der Waals surface area contributed by atoms with Crippen molar-refractivity contribution in [3.8, 4) is 0 Å². The van der Waals surface area contributed by atoms with Gasteiger partial charge in [0.2, 0.25) is 15.9 Å². The maximum atomic E-state index is 13.4. The maximum absolute atomic E-state index is 13.4. The van der Waals surface area contributed by atoms with Crippen LogP contribution in [0.25, 0.3) is 0 Å². The summed E-state index contributed by atoms with van der Waals surface area (Å²) in [7, 11) is -4.01. The summed E-state index contributed by atoms with van der Waals surface area (Å²) in [4.78, 5) is 11.8. The van der Waals surface area contributed by atoms with Gasteiger partial charge < -0.3 is 5.32 Å². The molecule has 1 unspecified atom stereocenters. The average Bonchev–Trinajstić information content (AvgIpc) is 2.75. The highest BCUT2D eigenvalue weighted by molar-refractivity contribution is 8.01. The molecule has 0 aliphatic carbocycles. The standard InChI is InChI=1S/C12H15FN2O3S2/c1-12(3-2-4-19-12)11(16)15-9-5-8(13)6-10(7-9)20(14,17)18/h5-7H,2-4H2,1H3,(H,15,16)(H2,14,17,18). The van der Waals surface area contributed by atoms with Crippen molar-refractivity contribution in [2.75, 3.05) is 11.1 Å². The van der Waals surface area contributed by atoms with E-state index in [1.165, 1.54) is 11.8 Å². The minimum atomic E-state index is -4.01. The third kappa shape index (κ3) is 3.31. The van der Waals surface area contributed by atoms with E-state index in [0.29, 0.717) is 0 Å². The van der Waals surface area contributed by atoms with E-state index in [-0.39, 0.29) is 16.5 Å². The minimum Gasteiger partial charge on any atom is -0.325 e. The van der Waals surface area contributed by atoms with E-state index < -0.39 is 20.6 Å². The second-order valence-electron chi connectivity index (χ2n) is 4.86. The molecule has 1 fully saturated rings. The van der Waals surface area contributed by atoms with Gasteiger partial charge in [0.25, 0.3) is 0 Å². The zero-order valence-electron chi connectivity index (χ0n) is 10.8. The lowest BCUT2D eigenvalue weighted by molar-refractivity contribution is -0.118. The Bertz CT molecular complexity index is 640. The van der Waals surface area contributed by atoms with Gasteiger partial charge in [-0.3, -0.25) is 4.79 Å². The highest BCUT2D eigenvalue weighted by Crippen LogP contribution is 2.38. The minimum absolute atomic E-state index is 0.0905. The van der Waals surface area contributed by atoms with Gasteiger partial charge in [-0.1, -0.05) is 0 Å². The van der Waals surface area contributed by atoms with E-state index in [2.05, 4.69) is 5.32 Å². The van der Waals surface area contributed by atoms with Gasteiger partial charge in [0, 0.05) is 5.69 Å². The number of hydrogen-bond donors (Lipinski definition) is 2. The van der Waals surface area contributed by atoms with Crippen molar-refractivity contribution in [1.82, 2.24) is 0 Å². The fourth-order valence-electron chi connectivity index (χ4n) is 2.02. The lowest BCUT2D eigenvalue weighted by Gasteiger charge is -2.21. The van der Waals surface area contributed by atoms with E-state index in [9.17, 15) is 17.6 Å². The van der Waals surface area contributed by atoms with Crippen LogP contribution in [0.2, 0.25) is 0 Å². The molecule has 1 aliphatic rings. The molecule has 0 spiro atoms. The molecule has 3 N–H and O–H groups in total. The number of primary sulfonamides is 1. The Morgan fingerprint density at radius 1 is 1.45 bits per heavy atom. The first-order valence-electron chi connectivity index (χ1n) is 5.99. The SMILES string of the molecule is CC1(C(=O)Nc2cc(F)cc(S(N)(=O)=O)c2)CCCS1. The monoisotopic (exact) mass is 318 g/mol. The number of amides is 1. The Kier molecular flexibility index (Phi) is 4.08. The van der Waals surface area contributed by atoms with Crippen molar-refractivity contribution in [2.24, 2.45) is 5.14 Å². The summed E-state index contributed by atoms with van der Waals surface area (Å²) in [6, 6.07) is 3.03. The van der Waals surface area contributed by atoms with Gasteiger partial charge in [0.1, 0.15) is 5.82 Å². The van der Waals surface area contributed by atoms with E-state index in [1.54, 1.807) is 0 Å². The number of sulfonamides is 1. The lowest BCUT2D eigenvalue weighted by Crippen LogP contribution is -2.34. The number of carbonyl (C=O) groups is 1. The Morgan fingerprint density at radius 3 is 2.70 bits per heavy atom. The van der Waals surface area contributed by atoms with Crippen LogP contribution in [0.5, 0.6) is 0 Å². The highest BCUT2D eigenvalue weighted by Gasteiger charge is 2.37. The average molecular weight is 318 g/mol. The number of hydrogen-bond acceptors (Lipinski definition) is 4. The van der Waals surface area contributed by atoms with E-state index in [4.69, 9.17) is 5.14 Å². The highest BCUT2D eigenvalue weighted by atomic mass is 32.2. The summed E-state index contributed by atoms with van der Waals surface area (Å²) in [5.41, 5.74) is 0.0905. The van der Waals surface area contributed by atoms with Crippen LogP contribution in [0.15, 0.2) is 23.1 Å². The number of nitrogens with two attached hydrogens (primary N) is 1. The number of halogens is 1. The Morgan fingerprint density at radius 2 is 2.15 bits per heavy atom. The van der Waals surface area contributed by atoms with Gasteiger partial charge in [-0.05, 0) is 43.7 Å².